The molecule has 0 bridgehead atoms. The second-order valence-corrected chi connectivity index (χ2v) is 25.6. The number of nitrogens with zero attached hydrogens (tertiary/aromatic N) is 6. The number of imidazole rings is 1. The van der Waals surface area contributed by atoms with Gasteiger partial charge < -0.3 is 37.5 Å². The molecule has 0 unspecified atom stereocenters. The van der Waals surface area contributed by atoms with Crippen LogP contribution in [0.1, 0.15) is 48.6 Å². The third-order valence-electron chi connectivity index (χ3n) is 15.1. The molecule has 2 aromatic heterocycles. The monoisotopic (exact) mass is 1100 g/mol. The zero-order chi connectivity index (χ0) is 54.2. The number of rotatable bonds is 22. The van der Waals surface area contributed by atoms with Crippen LogP contribution in [0.5, 0.6) is 23.1 Å². The van der Waals surface area contributed by atoms with E-state index in [0.29, 0.717) is 34.8 Å². The zero-order valence-corrected chi connectivity index (χ0v) is 46.2. The Morgan fingerprint density at radius 1 is 0.772 bits per heavy atom. The van der Waals surface area contributed by atoms with Gasteiger partial charge in [0.2, 0.25) is 11.8 Å². The number of aromatic nitrogens is 4. The molecule has 0 radical (unpaired) electrons. The number of fused-ring (bicyclic) bond motifs is 2. The molecule has 18 heteroatoms. The number of nitrogens with one attached hydrogen (secondary N) is 1. The van der Waals surface area contributed by atoms with Crippen LogP contribution in [0.4, 0.5) is 5.95 Å². The maximum Gasteiger partial charge on any atom is 0.264 e. The van der Waals surface area contributed by atoms with Crippen molar-refractivity contribution in [3.05, 3.63) is 193 Å². The lowest BCUT2D eigenvalue weighted by atomic mass is 9.80. The summed E-state index contributed by atoms with van der Waals surface area (Å²) in [5.74, 6) is 1.55. The van der Waals surface area contributed by atoms with E-state index in [1.807, 2.05) is 89.5 Å². The van der Waals surface area contributed by atoms with Crippen molar-refractivity contribution < 1.29 is 42.3 Å². The number of nitriles is 1. The van der Waals surface area contributed by atoms with Gasteiger partial charge in [-0.2, -0.15) is 15.2 Å². The number of benzene rings is 6. The highest BCUT2D eigenvalue weighted by atomic mass is 31.2. The first-order valence-electron chi connectivity index (χ1n) is 26.6. The second-order valence-electron chi connectivity index (χ2n) is 19.9. The van der Waals surface area contributed by atoms with Gasteiger partial charge in [0.25, 0.3) is 14.4 Å². The summed E-state index contributed by atoms with van der Waals surface area (Å²) in [6.45, 7) is 3.15. The van der Waals surface area contributed by atoms with E-state index in [4.69, 9.17) is 47.4 Å². The van der Waals surface area contributed by atoms with Crippen LogP contribution in [-0.2, 0) is 28.9 Å². The molecule has 1 N–H and O–H groups in total. The lowest BCUT2D eigenvalue weighted by Crippen LogP contribution is -2.58. The van der Waals surface area contributed by atoms with E-state index in [9.17, 15) is 10.1 Å². The van der Waals surface area contributed by atoms with Crippen LogP contribution in [0.2, 0.25) is 12.6 Å². The Bertz CT molecular complexity index is 3260. The summed E-state index contributed by atoms with van der Waals surface area (Å²) in [7, 11) is -0.574. The smallest absolute Gasteiger partial charge is 0.264 e. The quantitative estimate of drug-likeness (QED) is 0.0294. The van der Waals surface area contributed by atoms with Crippen molar-refractivity contribution in [3.8, 4) is 29.2 Å². The molecule has 0 aliphatic carbocycles. The molecule has 3 saturated heterocycles. The highest BCUT2D eigenvalue weighted by Crippen LogP contribution is 2.59. The average molecular weight is 1100 g/mol. The molecular formula is C61H62N7O9PSi. The lowest BCUT2D eigenvalue weighted by molar-refractivity contribution is -0.118. The predicted molar refractivity (Wildman–Crippen MR) is 303 cm³/mol. The molecule has 6 atom stereocenters. The summed E-state index contributed by atoms with van der Waals surface area (Å²) in [6.07, 6.45) is 2.18. The maximum absolute atomic E-state index is 13.4. The Morgan fingerprint density at radius 2 is 1.38 bits per heavy atom. The normalized spacial score (nSPS) is 20.1. The number of methoxy groups -OCH3 is 2. The van der Waals surface area contributed by atoms with E-state index < -0.39 is 46.5 Å². The van der Waals surface area contributed by atoms with Gasteiger partial charge in [-0.3, -0.25) is 14.7 Å². The molecule has 3 aliphatic rings. The van der Waals surface area contributed by atoms with Gasteiger partial charge in [-0.25, -0.2) is 9.65 Å². The van der Waals surface area contributed by atoms with Crippen LogP contribution >= 0.6 is 8.53 Å². The van der Waals surface area contributed by atoms with Crippen LogP contribution in [0, 0.1) is 11.3 Å². The molecule has 8 aromatic rings. The second kappa shape index (κ2) is 24.2. The first-order chi connectivity index (χ1) is 38.8. The molecule has 16 nitrogen and oxygen atoms in total. The van der Waals surface area contributed by atoms with Crippen LogP contribution < -0.4 is 34.6 Å². The average Bonchev–Trinajstić information content (AvgIpc) is 4.45. The van der Waals surface area contributed by atoms with Crippen molar-refractivity contribution in [1.29, 1.82) is 5.26 Å². The van der Waals surface area contributed by atoms with E-state index in [-0.39, 0.29) is 50.2 Å². The number of ether oxygens (including phenoxy) is 6. The molecule has 404 valence electrons. The number of carbonyl (C=O) groups excluding carboxylic acids is 1. The maximum atomic E-state index is 13.4. The minimum absolute atomic E-state index is 0.0318. The molecule has 0 saturated carbocycles. The number of para-hydroxylation sites is 1. The Labute approximate surface area is 462 Å². The Hall–Kier alpha value is -7.52. The lowest BCUT2D eigenvalue weighted by Gasteiger charge is -2.37. The topological polar surface area (TPSA) is 174 Å². The summed E-state index contributed by atoms with van der Waals surface area (Å²) >= 11 is 0. The number of anilines is 1. The molecular weight excluding hydrogens is 1030 g/mol. The molecule has 11 rings (SSSR count). The summed E-state index contributed by atoms with van der Waals surface area (Å²) in [5.41, 5.74) is 2.16. The van der Waals surface area contributed by atoms with Crippen molar-refractivity contribution in [2.75, 3.05) is 45.9 Å². The number of hydrogen-bond donors (Lipinski definition) is 1. The minimum atomic E-state index is -2.32. The van der Waals surface area contributed by atoms with Crippen molar-refractivity contribution in [2.24, 2.45) is 0 Å². The predicted octanol–water partition coefficient (Wildman–Crippen LogP) is 9.82. The van der Waals surface area contributed by atoms with Crippen LogP contribution in [0.15, 0.2) is 176 Å². The first-order valence-corrected chi connectivity index (χ1v) is 30.5. The van der Waals surface area contributed by atoms with Gasteiger partial charge in [0, 0.05) is 19.0 Å². The Morgan fingerprint density at radius 3 is 2.00 bits per heavy atom. The third kappa shape index (κ3) is 11.4. The van der Waals surface area contributed by atoms with Gasteiger partial charge in [-0.15, -0.1) is 0 Å². The van der Waals surface area contributed by atoms with Gasteiger partial charge in [0.15, 0.2) is 17.8 Å². The first kappa shape index (κ1) is 53.5. The fourth-order valence-electron chi connectivity index (χ4n) is 11.1. The highest BCUT2D eigenvalue weighted by Gasteiger charge is 2.52. The van der Waals surface area contributed by atoms with Gasteiger partial charge in [0.05, 0.1) is 51.9 Å². The molecule has 6 aromatic carbocycles. The highest BCUT2D eigenvalue weighted by molar-refractivity contribution is 7.45. The SMILES string of the molecule is COc1ccc(C(OC[C@H]2O[C@@H](n3cnc4c(OCCC#N)nc(NC(=O)COc5ccccc5)nc43)C[C@@H]2O[P@@]2O[C@H](C[Si](C)(c3ccccc3)c3ccccc3)[C@@H]3CCCN32)(c2ccccc2)c2ccc(OC)cc2)cc1. The number of amides is 1. The zero-order valence-electron chi connectivity index (χ0n) is 44.3. The standard InChI is InChI=1S/C61H62N7O9PSi/c1-70-46-31-27-44(28-32-46)61(43-18-8-4-9-19-43,45-29-33-47(71-2)34-30-45)74-39-53-52(76-78-68-36-16-26-51(68)54(77-78)41-79(3,49-22-12-6-13-23-49)50-24-14-7-15-25-50)38-56(75-53)67-42-63-57-58(67)65-60(66-59(57)72-37-17-35-62)64-55(69)40-73-48-20-10-5-11-21-48/h4-15,18-25,27-34,42,51-54,56H,16-17,26,36-41H2,1-3H3,(H,64,65,66,69)/t51-,52-,53+,54+,56+,78-/m0/s1. The summed E-state index contributed by atoms with van der Waals surface area (Å²) in [5, 5.41) is 14.9. The van der Waals surface area contributed by atoms with Gasteiger partial charge in [-0.1, -0.05) is 150 Å². The third-order valence-corrected chi connectivity index (χ3v) is 21.4. The largest absolute Gasteiger partial charge is 0.497 e. The Kier molecular flexibility index (Phi) is 16.4. The molecule has 3 fully saturated rings. The number of carbonyl (C=O) groups is 1. The van der Waals surface area contributed by atoms with Gasteiger partial charge >= 0.3 is 0 Å². The van der Waals surface area contributed by atoms with Crippen LogP contribution in [-0.4, -0.2) is 103 Å². The van der Waals surface area contributed by atoms with E-state index in [1.165, 1.54) is 10.4 Å². The fraction of sp³-hybridized carbons (Fsp3) is 0.295. The molecule has 79 heavy (non-hydrogen) atoms. The summed E-state index contributed by atoms with van der Waals surface area (Å²) < 4.78 is 56.8. The summed E-state index contributed by atoms with van der Waals surface area (Å²) in [6, 6.07) is 60.1. The van der Waals surface area contributed by atoms with Crippen molar-refractivity contribution >= 4 is 50.0 Å². The molecule has 1 amide bonds. The van der Waals surface area contributed by atoms with E-state index >= 15 is 0 Å². The summed E-state index contributed by atoms with van der Waals surface area (Å²) in [4.78, 5) is 27.5. The molecule has 5 heterocycles. The van der Waals surface area contributed by atoms with Crippen molar-refractivity contribution in [1.82, 2.24) is 24.2 Å². The van der Waals surface area contributed by atoms with Crippen molar-refractivity contribution in [3.63, 3.8) is 0 Å². The van der Waals surface area contributed by atoms with E-state index in [0.717, 1.165) is 42.1 Å². The number of hydrogen-bond acceptors (Lipinski definition) is 14. The molecule has 0 spiro atoms. The fourth-order valence-corrected chi connectivity index (χ4v) is 17.1. The molecule has 3 aliphatic heterocycles. The Balaban J connectivity index is 0.954. The van der Waals surface area contributed by atoms with Crippen molar-refractivity contribution in [2.45, 2.75) is 74.5 Å². The van der Waals surface area contributed by atoms with Crippen LogP contribution in [0.25, 0.3) is 11.2 Å². The van der Waals surface area contributed by atoms with Gasteiger partial charge in [-0.05, 0) is 72.0 Å². The van der Waals surface area contributed by atoms with Crippen LogP contribution in [0.3, 0.4) is 0 Å². The van der Waals surface area contributed by atoms with E-state index in [1.54, 1.807) is 32.7 Å². The van der Waals surface area contributed by atoms with E-state index in [2.05, 4.69) is 100 Å². The minimum Gasteiger partial charge on any atom is -0.497 e. The van der Waals surface area contributed by atoms with Gasteiger partial charge in [0.1, 0.15) is 49.9 Å².